The third kappa shape index (κ3) is 3.10. The first-order valence-corrected chi connectivity index (χ1v) is 14.8. The highest BCUT2D eigenvalue weighted by molar-refractivity contribution is 5.90. The monoisotopic (exact) mass is 514 g/mol. The van der Waals surface area contributed by atoms with Gasteiger partial charge >= 0.3 is 5.97 Å². The minimum Gasteiger partial charge on any atom is -0.481 e. The summed E-state index contributed by atoms with van der Waals surface area (Å²) < 4.78 is 19.2. The maximum Gasteiger partial charge on any atom is 0.315 e. The molecule has 0 aromatic rings. The molecule has 2 heterocycles. The fraction of sp³-hybridized carbons (Fsp3) is 0.871. The van der Waals surface area contributed by atoms with Crippen molar-refractivity contribution in [3.05, 3.63) is 11.6 Å². The largest absolute Gasteiger partial charge is 0.481 e. The van der Waals surface area contributed by atoms with Crippen LogP contribution in [0.15, 0.2) is 11.6 Å². The average molecular weight is 515 g/mol. The van der Waals surface area contributed by atoms with Gasteiger partial charge in [0.2, 0.25) is 0 Å². The van der Waals surface area contributed by atoms with Crippen molar-refractivity contribution in [2.75, 3.05) is 13.2 Å². The highest BCUT2D eigenvalue weighted by Crippen LogP contribution is 2.82. The molecule has 4 aliphatic carbocycles. The molecule has 0 spiro atoms. The van der Waals surface area contributed by atoms with Gasteiger partial charge in [-0.1, -0.05) is 52.7 Å². The lowest BCUT2D eigenvalue weighted by molar-refractivity contribution is -0.251. The van der Waals surface area contributed by atoms with Crippen LogP contribution in [-0.2, 0) is 23.8 Å². The second-order valence-corrected chi connectivity index (χ2v) is 14.2. The smallest absolute Gasteiger partial charge is 0.315 e. The minimum absolute atomic E-state index is 0.0518. The molecule has 0 aromatic carbocycles. The molecule has 6 heteroatoms. The summed E-state index contributed by atoms with van der Waals surface area (Å²) in [5, 5.41) is 11.2. The molecule has 0 radical (unpaired) electrons. The first-order valence-electron chi connectivity index (χ1n) is 14.8. The number of carbonyl (C=O) groups excluding carboxylic acids is 1. The van der Waals surface area contributed by atoms with Gasteiger partial charge in [0.05, 0.1) is 30.8 Å². The predicted octanol–water partition coefficient (Wildman–Crippen LogP) is 5.35. The molecule has 5 fully saturated rings. The van der Waals surface area contributed by atoms with Crippen molar-refractivity contribution in [2.24, 2.45) is 63.6 Å². The van der Waals surface area contributed by atoms with Gasteiger partial charge in [-0.2, -0.15) is 0 Å². The first-order chi connectivity index (χ1) is 17.5. The lowest BCUT2D eigenvalue weighted by Crippen LogP contribution is -2.63. The first kappa shape index (κ1) is 26.0. The molecule has 0 aromatic heterocycles. The average Bonchev–Trinajstić information content (AvgIpc) is 3.55. The minimum atomic E-state index is -1.19. The Morgan fingerprint density at radius 2 is 1.95 bits per heavy atom. The van der Waals surface area contributed by atoms with Gasteiger partial charge in [-0.3, -0.25) is 4.79 Å². The van der Waals surface area contributed by atoms with Gasteiger partial charge in [-0.25, -0.2) is 0 Å². The van der Waals surface area contributed by atoms with Crippen LogP contribution in [0, 0.1) is 63.6 Å². The van der Waals surface area contributed by atoms with Gasteiger partial charge in [0.1, 0.15) is 11.7 Å². The zero-order valence-corrected chi connectivity index (χ0v) is 23.4. The van der Waals surface area contributed by atoms with Crippen LogP contribution in [0.25, 0.3) is 0 Å². The van der Waals surface area contributed by atoms with Crippen LogP contribution in [0.5, 0.6) is 0 Å². The maximum absolute atomic E-state index is 13.6. The summed E-state index contributed by atoms with van der Waals surface area (Å²) in [5.74, 6) is 1.74. The molecule has 6 aliphatic rings. The van der Waals surface area contributed by atoms with E-state index in [1.807, 2.05) is 0 Å². The predicted molar refractivity (Wildman–Crippen MR) is 138 cm³/mol. The normalized spacial score (nSPS) is 51.9. The summed E-state index contributed by atoms with van der Waals surface area (Å²) in [5.41, 5.74) is -1.67. The van der Waals surface area contributed by atoms with Crippen molar-refractivity contribution in [3.63, 3.8) is 0 Å². The van der Waals surface area contributed by atoms with E-state index in [2.05, 4.69) is 47.6 Å². The quantitative estimate of drug-likeness (QED) is 0.364. The molecule has 6 rings (SSSR count). The fourth-order valence-electron chi connectivity index (χ4n) is 10.8. The van der Waals surface area contributed by atoms with Crippen LogP contribution in [-0.4, -0.2) is 49.1 Å². The van der Waals surface area contributed by atoms with E-state index in [9.17, 15) is 14.7 Å². The van der Waals surface area contributed by atoms with Gasteiger partial charge in [0.25, 0.3) is 0 Å². The number of hydrogen-bond acceptors (Lipinski definition) is 5. The summed E-state index contributed by atoms with van der Waals surface area (Å²) in [6, 6.07) is 0. The number of carboxylic acid groups (broad SMARTS) is 1. The fourth-order valence-corrected chi connectivity index (χ4v) is 10.8. The summed E-state index contributed by atoms with van der Waals surface area (Å²) >= 11 is 0. The molecule has 5 unspecified atom stereocenters. The van der Waals surface area contributed by atoms with Crippen molar-refractivity contribution < 1.29 is 28.9 Å². The van der Waals surface area contributed by atoms with Crippen LogP contribution in [0.2, 0.25) is 0 Å². The number of rotatable bonds is 7. The van der Waals surface area contributed by atoms with Crippen molar-refractivity contribution in [1.82, 2.24) is 0 Å². The molecule has 4 bridgehead atoms. The molecule has 1 N–H and O–H groups in total. The Morgan fingerprint density at radius 3 is 2.59 bits per heavy atom. The van der Waals surface area contributed by atoms with E-state index in [0.717, 1.165) is 44.1 Å². The second kappa shape index (κ2) is 8.63. The Hall–Kier alpha value is -1.24. The summed E-state index contributed by atoms with van der Waals surface area (Å²) in [6.45, 7) is 14.2. The van der Waals surface area contributed by atoms with E-state index in [1.54, 1.807) is 0 Å². The standard InChI is InChI=1S/C31H46O6/c1-16(2)23-13-35-27-19(6)37-26(10-21(23)27)36-15-30-12-22-18(5)7-8-24(22)29(14-32)11-20(30)9-25(17(3)4)31(29,30)28(33)34/h9,14,16-24,26-27H,7-8,10-13,15H2,1-6H3,(H,33,34)/t18-,19-,20?,21-,22?,23-,24?,26-,27-,29+,30?,31?/m1/s1. The van der Waals surface area contributed by atoms with Crippen molar-refractivity contribution in [3.8, 4) is 0 Å². The van der Waals surface area contributed by atoms with Crippen LogP contribution in [0.1, 0.15) is 73.6 Å². The zero-order chi connectivity index (χ0) is 26.5. The Morgan fingerprint density at radius 1 is 1.19 bits per heavy atom. The number of hydrogen-bond donors (Lipinski definition) is 1. The van der Waals surface area contributed by atoms with Crippen LogP contribution < -0.4 is 0 Å². The third-order valence-electron chi connectivity index (χ3n) is 12.3. The highest BCUT2D eigenvalue weighted by Gasteiger charge is 2.84. The molecule has 37 heavy (non-hydrogen) atoms. The molecule has 2 saturated heterocycles. The molecular formula is C31H46O6. The Kier molecular flexibility index (Phi) is 6.06. The van der Waals surface area contributed by atoms with E-state index >= 15 is 0 Å². The van der Waals surface area contributed by atoms with Crippen LogP contribution in [0.3, 0.4) is 0 Å². The third-order valence-corrected chi connectivity index (χ3v) is 12.3. The number of aliphatic carboxylic acids is 1. The van der Waals surface area contributed by atoms with E-state index < -0.39 is 22.2 Å². The van der Waals surface area contributed by atoms with E-state index in [0.29, 0.717) is 42.6 Å². The second-order valence-electron chi connectivity index (χ2n) is 14.2. The van der Waals surface area contributed by atoms with Gasteiger partial charge in [-0.15, -0.1) is 0 Å². The van der Waals surface area contributed by atoms with Crippen LogP contribution >= 0.6 is 0 Å². The zero-order valence-electron chi connectivity index (χ0n) is 23.4. The molecule has 6 nitrogen and oxygen atoms in total. The molecule has 206 valence electrons. The van der Waals surface area contributed by atoms with Crippen molar-refractivity contribution in [2.45, 2.75) is 92.1 Å². The van der Waals surface area contributed by atoms with Gasteiger partial charge in [0.15, 0.2) is 6.29 Å². The molecule has 0 amide bonds. The topological polar surface area (TPSA) is 82.1 Å². The van der Waals surface area contributed by atoms with Crippen LogP contribution in [0.4, 0.5) is 0 Å². The number of aldehydes is 1. The number of ether oxygens (including phenoxy) is 3. The SMILES string of the molecule is CC(C)C1=CC2C[C@]3(C=O)C4CC[C@@H](C)C4CC2(CO[C@H]2C[C@H]4[C@H](OC[C@@H]4C(C)C)[C@@H](C)O2)C13C(=O)O. The summed E-state index contributed by atoms with van der Waals surface area (Å²) in [7, 11) is 0. The molecule has 12 atom stereocenters. The van der Waals surface area contributed by atoms with Gasteiger partial charge in [0, 0.05) is 11.8 Å². The van der Waals surface area contributed by atoms with Gasteiger partial charge < -0.3 is 24.1 Å². The maximum atomic E-state index is 13.6. The Balaban J connectivity index is 1.36. The lowest BCUT2D eigenvalue weighted by Gasteiger charge is -2.58. The van der Waals surface area contributed by atoms with Crippen molar-refractivity contribution >= 4 is 12.3 Å². The summed E-state index contributed by atoms with van der Waals surface area (Å²) in [6.07, 6.45) is 7.30. The summed E-state index contributed by atoms with van der Waals surface area (Å²) in [4.78, 5) is 26.8. The lowest BCUT2D eigenvalue weighted by atomic mass is 9.43. The number of fused-ring (bicyclic) bond motifs is 3. The van der Waals surface area contributed by atoms with E-state index in [4.69, 9.17) is 14.2 Å². The van der Waals surface area contributed by atoms with E-state index in [1.165, 1.54) is 0 Å². The van der Waals surface area contributed by atoms with Gasteiger partial charge in [-0.05, 0) is 73.5 Å². The Labute approximate surface area is 221 Å². The number of carbonyl (C=O) groups is 2. The molecule has 3 saturated carbocycles. The number of carboxylic acids is 1. The van der Waals surface area contributed by atoms with Crippen molar-refractivity contribution in [1.29, 1.82) is 0 Å². The Bertz CT molecular complexity index is 982. The number of allylic oxidation sites excluding steroid dienone is 1. The van der Waals surface area contributed by atoms with E-state index in [-0.39, 0.29) is 36.3 Å². The molecular weight excluding hydrogens is 468 g/mol. The molecule has 2 aliphatic heterocycles. The highest BCUT2D eigenvalue weighted by atomic mass is 16.7.